The molecule has 0 aromatic heterocycles. The van der Waals surface area contributed by atoms with Crippen LogP contribution in [0.4, 0.5) is 5.69 Å². The number of hydrogen-bond donors (Lipinski definition) is 1. The summed E-state index contributed by atoms with van der Waals surface area (Å²) < 4.78 is 16.2. The Morgan fingerprint density at radius 3 is 2.52 bits per heavy atom. The van der Waals surface area contributed by atoms with Gasteiger partial charge in [0.15, 0.2) is 17.1 Å². The number of benzene rings is 1. The van der Waals surface area contributed by atoms with Crippen LogP contribution >= 0.6 is 0 Å². The van der Waals surface area contributed by atoms with Crippen LogP contribution in [0.15, 0.2) is 18.2 Å². The van der Waals surface area contributed by atoms with Gasteiger partial charge in [0, 0.05) is 17.2 Å². The van der Waals surface area contributed by atoms with Gasteiger partial charge in [-0.15, -0.1) is 0 Å². The lowest BCUT2D eigenvalue weighted by molar-refractivity contribution is -0.165. The van der Waals surface area contributed by atoms with Crippen molar-refractivity contribution in [2.24, 2.45) is 10.8 Å². The van der Waals surface area contributed by atoms with Gasteiger partial charge >= 0.3 is 5.97 Å². The summed E-state index contributed by atoms with van der Waals surface area (Å²) in [5.41, 5.74) is -1.69. The molecule has 1 aromatic carbocycles. The van der Waals surface area contributed by atoms with E-state index in [1.165, 1.54) is 0 Å². The Kier molecular flexibility index (Phi) is 2.61. The topological polar surface area (TPSA) is 73.9 Å². The molecular weight excluding hydrogens is 298 g/mol. The van der Waals surface area contributed by atoms with Crippen LogP contribution in [0.5, 0.6) is 11.5 Å². The smallest absolute Gasteiger partial charge is 0.313 e. The van der Waals surface area contributed by atoms with E-state index in [0.29, 0.717) is 30.0 Å². The predicted molar refractivity (Wildman–Crippen MR) is 81.1 cm³/mol. The summed E-state index contributed by atoms with van der Waals surface area (Å²) in [5.74, 6) is 0.687. The first-order valence-corrected chi connectivity index (χ1v) is 7.75. The van der Waals surface area contributed by atoms with Crippen molar-refractivity contribution in [3.63, 3.8) is 0 Å². The van der Waals surface area contributed by atoms with E-state index < -0.39 is 16.4 Å². The summed E-state index contributed by atoms with van der Waals surface area (Å²) in [4.78, 5) is 25.2. The van der Waals surface area contributed by atoms with Crippen molar-refractivity contribution in [3.8, 4) is 11.5 Å². The molecule has 1 aliphatic carbocycles. The largest absolute Gasteiger partial charge is 0.454 e. The molecule has 1 N–H and O–H groups in total. The van der Waals surface area contributed by atoms with Crippen molar-refractivity contribution < 1.29 is 23.8 Å². The Hall–Kier alpha value is -2.24. The summed E-state index contributed by atoms with van der Waals surface area (Å²) in [6.07, 6.45) is 1.20. The zero-order chi connectivity index (χ0) is 16.5. The number of hydrogen-bond acceptors (Lipinski definition) is 5. The van der Waals surface area contributed by atoms with Crippen molar-refractivity contribution in [3.05, 3.63) is 18.2 Å². The molecule has 0 unspecified atom stereocenters. The SMILES string of the molecule is CC1(C)[C@]2(C)CC[C@]1(C(=O)Nc1ccc3c(c1)OCO3)OC2=O. The summed E-state index contributed by atoms with van der Waals surface area (Å²) in [6, 6.07) is 5.22. The lowest BCUT2D eigenvalue weighted by atomic mass is 9.66. The van der Waals surface area contributed by atoms with Gasteiger partial charge in [-0.25, -0.2) is 0 Å². The van der Waals surface area contributed by atoms with Gasteiger partial charge in [-0.1, -0.05) is 13.8 Å². The summed E-state index contributed by atoms with van der Waals surface area (Å²) in [5, 5.41) is 2.87. The fourth-order valence-corrected chi connectivity index (χ4v) is 3.95. The van der Waals surface area contributed by atoms with E-state index in [4.69, 9.17) is 14.2 Å². The van der Waals surface area contributed by atoms with Gasteiger partial charge < -0.3 is 19.5 Å². The molecular formula is C17H19NO5. The number of anilines is 1. The lowest BCUT2D eigenvalue weighted by Crippen LogP contribution is -2.50. The number of nitrogens with one attached hydrogen (secondary N) is 1. The maximum Gasteiger partial charge on any atom is 0.313 e. The average Bonchev–Trinajstić information content (AvgIpc) is 3.08. The quantitative estimate of drug-likeness (QED) is 0.848. The van der Waals surface area contributed by atoms with E-state index in [0.717, 1.165) is 0 Å². The standard InChI is InChI=1S/C17H19NO5/c1-15(2)16(3)6-7-17(15,23-14(16)20)13(19)18-10-4-5-11-12(8-10)22-9-21-11/h4-5,8H,6-7,9H2,1-3H3,(H,18,19)/t16-,17-/m1/s1. The third-order valence-electron chi connectivity index (χ3n) is 6.08. The fraction of sp³-hybridized carbons (Fsp3) is 0.529. The molecule has 4 rings (SSSR count). The first-order valence-electron chi connectivity index (χ1n) is 7.75. The highest BCUT2D eigenvalue weighted by molar-refractivity contribution is 6.03. The highest BCUT2D eigenvalue weighted by atomic mass is 16.7. The second-order valence-corrected chi connectivity index (χ2v) is 7.20. The van der Waals surface area contributed by atoms with Crippen LogP contribution in [0.2, 0.25) is 0 Å². The molecule has 2 fully saturated rings. The van der Waals surface area contributed by atoms with Crippen LogP contribution in [-0.2, 0) is 14.3 Å². The molecule has 1 saturated carbocycles. The molecule has 1 amide bonds. The molecule has 122 valence electrons. The molecule has 6 nitrogen and oxygen atoms in total. The van der Waals surface area contributed by atoms with Crippen molar-refractivity contribution in [2.75, 3.05) is 12.1 Å². The van der Waals surface area contributed by atoms with E-state index in [2.05, 4.69) is 5.32 Å². The molecule has 2 aliphatic heterocycles. The number of carbonyl (C=O) groups is 2. The minimum atomic E-state index is -1.12. The lowest BCUT2D eigenvalue weighted by Gasteiger charge is -2.35. The Bertz CT molecular complexity index is 728. The maximum atomic E-state index is 12.9. The molecule has 0 radical (unpaired) electrons. The highest BCUT2D eigenvalue weighted by Gasteiger charge is 2.75. The summed E-state index contributed by atoms with van der Waals surface area (Å²) in [7, 11) is 0. The number of esters is 1. The van der Waals surface area contributed by atoms with E-state index in [1.807, 2.05) is 20.8 Å². The zero-order valence-electron chi connectivity index (χ0n) is 13.4. The van der Waals surface area contributed by atoms with Gasteiger partial charge in [0.25, 0.3) is 5.91 Å². The minimum Gasteiger partial charge on any atom is -0.454 e. The molecule has 0 spiro atoms. The second kappa shape index (κ2) is 4.19. The van der Waals surface area contributed by atoms with Crippen LogP contribution in [0.1, 0.15) is 33.6 Å². The maximum absolute atomic E-state index is 12.9. The Morgan fingerprint density at radius 1 is 1.13 bits per heavy atom. The average molecular weight is 317 g/mol. The van der Waals surface area contributed by atoms with E-state index >= 15 is 0 Å². The molecule has 1 aromatic rings. The number of amides is 1. The third-order valence-corrected chi connectivity index (χ3v) is 6.08. The van der Waals surface area contributed by atoms with E-state index in [1.54, 1.807) is 18.2 Å². The van der Waals surface area contributed by atoms with Crippen molar-refractivity contribution in [1.82, 2.24) is 0 Å². The molecule has 1 saturated heterocycles. The number of carbonyl (C=O) groups excluding carboxylic acids is 2. The first kappa shape index (κ1) is 14.4. The van der Waals surface area contributed by atoms with Crippen LogP contribution in [-0.4, -0.2) is 24.3 Å². The van der Waals surface area contributed by atoms with Gasteiger partial charge in [-0.3, -0.25) is 9.59 Å². The van der Waals surface area contributed by atoms with Gasteiger partial charge in [0.05, 0.1) is 5.41 Å². The Morgan fingerprint density at radius 2 is 1.87 bits per heavy atom. The first-order chi connectivity index (χ1) is 10.8. The number of ether oxygens (including phenoxy) is 3. The van der Waals surface area contributed by atoms with Gasteiger partial charge in [-0.05, 0) is 31.9 Å². The summed E-state index contributed by atoms with van der Waals surface area (Å²) >= 11 is 0. The Balaban J connectivity index is 1.64. The molecule has 6 heteroatoms. The second-order valence-electron chi connectivity index (χ2n) is 7.20. The third kappa shape index (κ3) is 1.58. The molecule has 2 bridgehead atoms. The van der Waals surface area contributed by atoms with Crippen LogP contribution in [0, 0.1) is 10.8 Å². The zero-order valence-corrected chi connectivity index (χ0v) is 13.4. The fourth-order valence-electron chi connectivity index (χ4n) is 3.95. The highest BCUT2D eigenvalue weighted by Crippen LogP contribution is 2.65. The van der Waals surface area contributed by atoms with Crippen molar-refractivity contribution in [2.45, 2.75) is 39.2 Å². The monoisotopic (exact) mass is 317 g/mol. The molecule has 2 heterocycles. The van der Waals surface area contributed by atoms with Crippen molar-refractivity contribution in [1.29, 1.82) is 0 Å². The predicted octanol–water partition coefficient (Wildman–Crippen LogP) is 2.48. The summed E-state index contributed by atoms with van der Waals surface area (Å²) in [6.45, 7) is 5.94. The molecule has 3 aliphatic rings. The van der Waals surface area contributed by atoms with E-state index in [9.17, 15) is 9.59 Å². The van der Waals surface area contributed by atoms with Crippen LogP contribution in [0.3, 0.4) is 0 Å². The van der Waals surface area contributed by atoms with E-state index in [-0.39, 0.29) is 18.7 Å². The normalized spacial score (nSPS) is 32.7. The van der Waals surface area contributed by atoms with Gasteiger partial charge in [0.2, 0.25) is 6.79 Å². The molecule has 2 atom stereocenters. The Labute approximate surface area is 134 Å². The van der Waals surface area contributed by atoms with Gasteiger partial charge in [0.1, 0.15) is 0 Å². The van der Waals surface area contributed by atoms with Gasteiger partial charge in [-0.2, -0.15) is 0 Å². The number of rotatable bonds is 2. The number of fused-ring (bicyclic) bond motifs is 3. The van der Waals surface area contributed by atoms with Crippen LogP contribution < -0.4 is 14.8 Å². The van der Waals surface area contributed by atoms with Crippen LogP contribution in [0.25, 0.3) is 0 Å². The molecule has 23 heavy (non-hydrogen) atoms. The minimum absolute atomic E-state index is 0.180. The van der Waals surface area contributed by atoms with Crippen molar-refractivity contribution >= 4 is 17.6 Å².